The molecule has 0 radical (unpaired) electrons. The average molecular weight is 574 g/mol. The van der Waals surface area contributed by atoms with E-state index in [1.807, 2.05) is 23.8 Å². The van der Waals surface area contributed by atoms with Crippen LogP contribution < -0.4 is 4.72 Å². The maximum atomic E-state index is 13.0. The molecule has 3 aromatic rings. The lowest BCUT2D eigenvalue weighted by molar-refractivity contribution is -0.137. The number of imidazole rings is 1. The lowest BCUT2D eigenvalue weighted by Crippen LogP contribution is -2.31. The Kier molecular flexibility index (Phi) is 10.3. The Hall–Kier alpha value is -3.64. The number of rotatable bonds is 12. The summed E-state index contributed by atoms with van der Waals surface area (Å²) in [5.74, 6) is -0.998. The molecule has 12 heteroatoms. The first-order chi connectivity index (χ1) is 18.7. The van der Waals surface area contributed by atoms with E-state index in [2.05, 4.69) is 4.98 Å². The number of carbonyl (C=O) groups is 3. The molecule has 0 saturated carbocycles. The second-order valence-electron chi connectivity index (χ2n) is 8.29. The number of ether oxygens (including phenoxy) is 2. The van der Waals surface area contributed by atoms with Crippen molar-refractivity contribution in [3.63, 3.8) is 0 Å². The first kappa shape index (κ1) is 29.9. The first-order valence-electron chi connectivity index (χ1n) is 12.4. The Morgan fingerprint density at radius 3 is 2.26 bits per heavy atom. The van der Waals surface area contributed by atoms with E-state index in [4.69, 9.17) is 9.47 Å². The molecule has 208 valence electrons. The van der Waals surface area contributed by atoms with Crippen LogP contribution in [0.5, 0.6) is 0 Å². The predicted octanol–water partition coefficient (Wildman–Crippen LogP) is 4.45. The van der Waals surface area contributed by atoms with Crippen LogP contribution in [0.25, 0.3) is 11.1 Å². The minimum Gasteiger partial charge on any atom is -0.460 e. The van der Waals surface area contributed by atoms with Crippen molar-refractivity contribution in [1.82, 2.24) is 14.3 Å². The minimum absolute atomic E-state index is 0.0346. The van der Waals surface area contributed by atoms with Crippen LogP contribution in [0.2, 0.25) is 0 Å². The third-order valence-corrected chi connectivity index (χ3v) is 7.67. The molecule has 0 aliphatic carbocycles. The van der Waals surface area contributed by atoms with Gasteiger partial charge in [-0.3, -0.25) is 4.79 Å². The maximum absolute atomic E-state index is 13.0. The van der Waals surface area contributed by atoms with E-state index in [1.54, 1.807) is 55.0 Å². The summed E-state index contributed by atoms with van der Waals surface area (Å²) in [6.07, 6.45) is 2.15. The minimum atomic E-state index is -4.18. The zero-order valence-corrected chi connectivity index (χ0v) is 23.9. The Bertz CT molecular complexity index is 1450. The number of hydrogen-bond acceptors (Lipinski definition) is 9. The van der Waals surface area contributed by atoms with E-state index in [0.717, 1.165) is 12.0 Å². The molecule has 0 spiro atoms. The molecule has 1 amide bonds. The van der Waals surface area contributed by atoms with Gasteiger partial charge in [0.05, 0.1) is 18.1 Å². The summed E-state index contributed by atoms with van der Waals surface area (Å²) in [6, 6.07) is 13.5. The van der Waals surface area contributed by atoms with Gasteiger partial charge in [0.15, 0.2) is 0 Å². The third-order valence-electron chi connectivity index (χ3n) is 5.63. The number of aromatic nitrogens is 2. The number of thioether (sulfide) groups is 1. The molecule has 0 saturated heterocycles. The fourth-order valence-electron chi connectivity index (χ4n) is 3.95. The highest BCUT2D eigenvalue weighted by Gasteiger charge is 2.28. The molecule has 0 aliphatic rings. The second kappa shape index (κ2) is 13.4. The standard InChI is InChI=1S/C27H31N3O7S2/c1-5-10-22-28-25(38-4)23(24(31)26(32)36-6-2)30(22)17-18-13-15-19(16-14-18)20-11-8-9-12-21(20)39(34,35)29-27(33)37-7-3/h8-9,11-16H,5-7,10,17H2,1-4H3,(H,29,33). The molecule has 39 heavy (non-hydrogen) atoms. The SMILES string of the molecule is CCCc1nc(SC)c(C(=O)C(=O)OCC)n1Cc1ccc(-c2ccccc2S(=O)(=O)NC(=O)OCC)cc1. The van der Waals surface area contributed by atoms with Gasteiger partial charge in [0.1, 0.15) is 16.5 Å². The van der Waals surface area contributed by atoms with Crippen LogP contribution in [0.4, 0.5) is 4.79 Å². The molecular weight excluding hydrogens is 542 g/mol. The summed E-state index contributed by atoms with van der Waals surface area (Å²) in [7, 11) is -4.18. The molecule has 10 nitrogen and oxygen atoms in total. The van der Waals surface area contributed by atoms with Gasteiger partial charge in [0.2, 0.25) is 0 Å². The molecule has 0 atom stereocenters. The number of benzene rings is 2. The van der Waals surface area contributed by atoms with Gasteiger partial charge in [0, 0.05) is 18.5 Å². The van der Waals surface area contributed by atoms with E-state index in [0.29, 0.717) is 28.4 Å². The highest BCUT2D eigenvalue weighted by Crippen LogP contribution is 2.29. The van der Waals surface area contributed by atoms with Crippen molar-refractivity contribution in [3.05, 3.63) is 65.6 Å². The molecule has 2 aromatic carbocycles. The van der Waals surface area contributed by atoms with E-state index >= 15 is 0 Å². The van der Waals surface area contributed by atoms with Crippen LogP contribution in [0.1, 0.15) is 49.1 Å². The van der Waals surface area contributed by atoms with E-state index in [1.165, 1.54) is 17.8 Å². The lowest BCUT2D eigenvalue weighted by atomic mass is 10.0. The molecule has 0 fully saturated rings. The smallest absolute Gasteiger partial charge is 0.421 e. The summed E-state index contributed by atoms with van der Waals surface area (Å²) < 4.78 is 39.0. The second-order valence-corrected chi connectivity index (χ2v) is 10.7. The zero-order chi connectivity index (χ0) is 28.6. The quantitative estimate of drug-likeness (QED) is 0.144. The van der Waals surface area contributed by atoms with E-state index in [9.17, 15) is 22.8 Å². The van der Waals surface area contributed by atoms with Crippen molar-refractivity contribution >= 4 is 39.6 Å². The molecule has 0 bridgehead atoms. The number of amides is 1. The number of Topliss-reactive ketones (excluding diaryl/α,β-unsaturated/α-hetero) is 1. The van der Waals surface area contributed by atoms with Gasteiger partial charge in [-0.1, -0.05) is 49.4 Å². The van der Waals surface area contributed by atoms with Gasteiger partial charge in [-0.2, -0.15) is 0 Å². The normalized spacial score (nSPS) is 11.2. The monoisotopic (exact) mass is 573 g/mol. The fourth-order valence-corrected chi connectivity index (χ4v) is 5.67. The van der Waals surface area contributed by atoms with Crippen molar-refractivity contribution in [3.8, 4) is 11.1 Å². The summed E-state index contributed by atoms with van der Waals surface area (Å²) in [5.41, 5.74) is 2.01. The van der Waals surface area contributed by atoms with Gasteiger partial charge in [0.25, 0.3) is 15.8 Å². The van der Waals surface area contributed by atoms with Gasteiger partial charge in [-0.15, -0.1) is 11.8 Å². The summed E-state index contributed by atoms with van der Waals surface area (Å²) >= 11 is 1.29. The molecule has 1 aromatic heterocycles. The Balaban J connectivity index is 1.97. The van der Waals surface area contributed by atoms with Gasteiger partial charge in [-0.25, -0.2) is 27.7 Å². The number of ketones is 1. The van der Waals surface area contributed by atoms with E-state index < -0.39 is 27.9 Å². The van der Waals surface area contributed by atoms with Crippen molar-refractivity contribution in [2.45, 2.75) is 50.1 Å². The fraction of sp³-hybridized carbons (Fsp3) is 0.333. The third kappa shape index (κ3) is 7.07. The average Bonchev–Trinajstić information content (AvgIpc) is 3.25. The lowest BCUT2D eigenvalue weighted by Gasteiger charge is -2.14. The van der Waals surface area contributed by atoms with Crippen LogP contribution in [-0.4, -0.2) is 55.3 Å². The molecular formula is C27H31N3O7S2. The van der Waals surface area contributed by atoms with Crippen LogP contribution in [0.3, 0.4) is 0 Å². The zero-order valence-electron chi connectivity index (χ0n) is 22.2. The number of nitrogens with one attached hydrogen (secondary N) is 1. The highest BCUT2D eigenvalue weighted by atomic mass is 32.2. The van der Waals surface area contributed by atoms with Crippen LogP contribution in [0, 0.1) is 0 Å². The van der Waals surface area contributed by atoms with Gasteiger partial charge < -0.3 is 14.0 Å². The van der Waals surface area contributed by atoms with Crippen LogP contribution >= 0.6 is 11.8 Å². The summed E-state index contributed by atoms with van der Waals surface area (Å²) in [4.78, 5) is 41.6. The Morgan fingerprint density at radius 1 is 0.974 bits per heavy atom. The van der Waals surface area contributed by atoms with Crippen molar-refractivity contribution in [2.24, 2.45) is 0 Å². The van der Waals surface area contributed by atoms with Crippen molar-refractivity contribution < 1.29 is 32.3 Å². The Labute approximate surface area is 232 Å². The van der Waals surface area contributed by atoms with Crippen molar-refractivity contribution in [2.75, 3.05) is 19.5 Å². The number of sulfonamides is 1. The number of aryl methyl sites for hydroxylation is 1. The number of carbonyl (C=O) groups excluding carboxylic acids is 3. The highest BCUT2D eigenvalue weighted by molar-refractivity contribution is 7.98. The van der Waals surface area contributed by atoms with Crippen LogP contribution in [0.15, 0.2) is 58.5 Å². The largest absolute Gasteiger partial charge is 0.460 e. The van der Waals surface area contributed by atoms with Gasteiger partial charge in [-0.05, 0) is 43.7 Å². The van der Waals surface area contributed by atoms with E-state index in [-0.39, 0.29) is 30.3 Å². The molecule has 0 aliphatic heterocycles. The van der Waals surface area contributed by atoms with Crippen LogP contribution in [-0.2, 0) is 37.3 Å². The maximum Gasteiger partial charge on any atom is 0.421 e. The number of esters is 1. The molecule has 3 rings (SSSR count). The topological polar surface area (TPSA) is 134 Å². The Morgan fingerprint density at radius 2 is 1.64 bits per heavy atom. The van der Waals surface area contributed by atoms with Crippen molar-refractivity contribution in [1.29, 1.82) is 0 Å². The summed E-state index contributed by atoms with van der Waals surface area (Å²) in [5, 5.41) is 0.460. The molecule has 1 heterocycles. The molecule has 0 unspecified atom stereocenters. The predicted molar refractivity (Wildman–Crippen MR) is 147 cm³/mol. The van der Waals surface area contributed by atoms with Gasteiger partial charge >= 0.3 is 12.1 Å². The number of nitrogens with zero attached hydrogens (tertiary/aromatic N) is 2. The number of hydrogen-bond donors (Lipinski definition) is 1. The molecule has 1 N–H and O–H groups in total. The first-order valence-corrected chi connectivity index (χ1v) is 15.1. The summed E-state index contributed by atoms with van der Waals surface area (Å²) in [6.45, 7) is 5.61.